The lowest BCUT2D eigenvalue weighted by Crippen LogP contribution is -2.32. The van der Waals surface area contributed by atoms with Gasteiger partial charge in [0.2, 0.25) is 0 Å². The van der Waals surface area contributed by atoms with E-state index in [0.717, 1.165) is 0 Å². The Hall–Kier alpha value is -1.73. The van der Waals surface area contributed by atoms with Crippen molar-refractivity contribution in [3.05, 3.63) is 34.5 Å². The Morgan fingerprint density at radius 1 is 1.35 bits per heavy atom. The molecule has 1 aliphatic rings. The van der Waals surface area contributed by atoms with Crippen LogP contribution in [0.4, 0.5) is 0 Å². The first-order valence-corrected chi connectivity index (χ1v) is 6.18. The van der Waals surface area contributed by atoms with Crippen molar-refractivity contribution >= 4 is 33.4 Å². The number of rotatable bonds is 1. The molecule has 0 unspecified atom stereocenters. The van der Waals surface area contributed by atoms with Crippen molar-refractivity contribution in [3.63, 3.8) is 0 Å². The average Bonchev–Trinajstić information content (AvgIpc) is 2.23. The molecule has 1 aliphatic heterocycles. The molecule has 1 aromatic rings. The summed E-state index contributed by atoms with van der Waals surface area (Å²) in [7, 11) is -3.99. The summed E-state index contributed by atoms with van der Waals surface area (Å²) >= 11 is 5.67. The van der Waals surface area contributed by atoms with Crippen LogP contribution in [0.2, 0.25) is 5.02 Å². The third-order valence-corrected chi connectivity index (χ3v) is 3.82. The van der Waals surface area contributed by atoms with Crippen molar-refractivity contribution < 1.29 is 23.4 Å². The van der Waals surface area contributed by atoms with Gasteiger partial charge in [0.15, 0.2) is 11.5 Å². The Kier molecular flexibility index (Phi) is 2.52. The van der Waals surface area contributed by atoms with Crippen LogP contribution in [0.25, 0.3) is 5.76 Å². The maximum absolute atomic E-state index is 11.7. The van der Waals surface area contributed by atoms with Gasteiger partial charge in [-0.15, -0.1) is 0 Å². The molecule has 0 saturated carbocycles. The summed E-state index contributed by atoms with van der Waals surface area (Å²) in [5.74, 6) is -2.23. The number of carboxylic acid groups (broad SMARTS) is 1. The minimum absolute atomic E-state index is 0.131. The average molecular weight is 276 g/mol. The molecule has 0 spiro atoms. The summed E-state index contributed by atoms with van der Waals surface area (Å²) in [5.41, 5.74) is -0.923. The van der Waals surface area contributed by atoms with E-state index in [1.54, 1.807) is 4.72 Å². The number of hydrogen-bond acceptors (Lipinski definition) is 4. The predicted molar refractivity (Wildman–Crippen MR) is 59.0 cm³/mol. The van der Waals surface area contributed by atoms with Crippen LogP contribution in [0.5, 0.6) is 0 Å². The standard InChI is InChI=1S/C9H6ClNO5S/c10-4-1-2-6-5(3-4)8(12)7(9(13)14)11-17(6,15)16/h1-3,11-12H,(H,13,14). The fourth-order valence-corrected chi connectivity index (χ4v) is 2.87. The third-order valence-electron chi connectivity index (χ3n) is 2.17. The molecule has 0 fully saturated rings. The second-order valence-electron chi connectivity index (χ2n) is 3.27. The third kappa shape index (κ3) is 1.83. The molecule has 2 rings (SSSR count). The van der Waals surface area contributed by atoms with Gasteiger partial charge in [-0.3, -0.25) is 4.72 Å². The van der Waals surface area contributed by atoms with Gasteiger partial charge in [0.25, 0.3) is 10.0 Å². The zero-order chi connectivity index (χ0) is 12.8. The van der Waals surface area contributed by atoms with E-state index in [1.807, 2.05) is 0 Å². The number of hydrogen-bond donors (Lipinski definition) is 3. The minimum atomic E-state index is -3.99. The van der Waals surface area contributed by atoms with Gasteiger partial charge in [-0.25, -0.2) is 13.2 Å². The first-order valence-electron chi connectivity index (χ1n) is 4.32. The van der Waals surface area contributed by atoms with Crippen LogP contribution < -0.4 is 4.72 Å². The van der Waals surface area contributed by atoms with Gasteiger partial charge in [-0.1, -0.05) is 11.6 Å². The van der Waals surface area contributed by atoms with Crippen molar-refractivity contribution in [2.45, 2.75) is 4.90 Å². The number of sulfonamides is 1. The molecule has 6 nitrogen and oxygen atoms in total. The minimum Gasteiger partial charge on any atom is -0.505 e. The highest BCUT2D eigenvalue weighted by atomic mass is 35.5. The number of halogens is 1. The van der Waals surface area contributed by atoms with E-state index in [0.29, 0.717) is 0 Å². The van der Waals surface area contributed by atoms with Crippen LogP contribution in [0.1, 0.15) is 5.56 Å². The molecule has 0 atom stereocenters. The van der Waals surface area contributed by atoms with Crippen LogP contribution in [-0.2, 0) is 14.8 Å². The molecule has 90 valence electrons. The molecule has 0 radical (unpaired) electrons. The maximum atomic E-state index is 11.7. The lowest BCUT2D eigenvalue weighted by Gasteiger charge is -2.19. The summed E-state index contributed by atoms with van der Waals surface area (Å²) in [6, 6.07) is 3.71. The molecular formula is C9H6ClNO5S. The Morgan fingerprint density at radius 3 is 2.59 bits per heavy atom. The largest absolute Gasteiger partial charge is 0.505 e. The number of nitrogens with one attached hydrogen (secondary N) is 1. The Morgan fingerprint density at radius 2 is 2.00 bits per heavy atom. The van der Waals surface area contributed by atoms with Gasteiger partial charge in [-0.05, 0) is 18.2 Å². The van der Waals surface area contributed by atoms with Gasteiger partial charge < -0.3 is 10.2 Å². The van der Waals surface area contributed by atoms with Crippen LogP contribution in [0.15, 0.2) is 28.8 Å². The first-order chi connectivity index (χ1) is 7.83. The number of carbonyl (C=O) groups is 1. The Bertz CT molecular complexity index is 649. The number of aliphatic hydroxyl groups is 1. The molecule has 1 aromatic carbocycles. The zero-order valence-electron chi connectivity index (χ0n) is 8.14. The van der Waals surface area contributed by atoms with Crippen molar-refractivity contribution in [1.29, 1.82) is 0 Å². The highest BCUT2D eigenvalue weighted by Crippen LogP contribution is 2.31. The second-order valence-corrected chi connectivity index (χ2v) is 5.36. The van der Waals surface area contributed by atoms with Gasteiger partial charge in [0.1, 0.15) is 0 Å². The summed E-state index contributed by atoms with van der Waals surface area (Å²) in [6.45, 7) is 0. The lowest BCUT2D eigenvalue weighted by molar-refractivity contribution is -0.132. The summed E-state index contributed by atoms with van der Waals surface area (Å²) in [4.78, 5) is 10.6. The molecule has 1 heterocycles. The smallest absolute Gasteiger partial charge is 0.356 e. The monoisotopic (exact) mass is 275 g/mol. The van der Waals surface area contributed by atoms with Crippen molar-refractivity contribution in [2.24, 2.45) is 0 Å². The lowest BCUT2D eigenvalue weighted by atomic mass is 10.1. The number of benzene rings is 1. The number of fused-ring (bicyclic) bond motifs is 1. The summed E-state index contributed by atoms with van der Waals surface area (Å²) in [6.07, 6.45) is 0. The molecule has 0 aromatic heterocycles. The fourth-order valence-electron chi connectivity index (χ4n) is 1.44. The van der Waals surface area contributed by atoms with E-state index in [9.17, 15) is 18.3 Å². The fraction of sp³-hybridized carbons (Fsp3) is 0. The predicted octanol–water partition coefficient (Wildman–Crippen LogP) is 0.943. The van der Waals surface area contributed by atoms with E-state index >= 15 is 0 Å². The van der Waals surface area contributed by atoms with Crippen LogP contribution in [-0.4, -0.2) is 24.6 Å². The van der Waals surface area contributed by atoms with Crippen molar-refractivity contribution in [2.75, 3.05) is 0 Å². The number of aliphatic carboxylic acids is 1. The van der Waals surface area contributed by atoms with Gasteiger partial charge >= 0.3 is 5.97 Å². The summed E-state index contributed by atoms with van der Waals surface area (Å²) in [5, 5.41) is 18.6. The van der Waals surface area contributed by atoms with Crippen LogP contribution >= 0.6 is 11.6 Å². The van der Waals surface area contributed by atoms with E-state index in [1.165, 1.54) is 18.2 Å². The maximum Gasteiger partial charge on any atom is 0.356 e. The van der Waals surface area contributed by atoms with Crippen molar-refractivity contribution in [1.82, 2.24) is 4.72 Å². The Labute approximate surface area is 101 Å². The molecule has 0 amide bonds. The molecule has 3 N–H and O–H groups in total. The van der Waals surface area contributed by atoms with Gasteiger partial charge in [-0.2, -0.15) is 0 Å². The van der Waals surface area contributed by atoms with Gasteiger partial charge in [0, 0.05) is 10.6 Å². The zero-order valence-corrected chi connectivity index (χ0v) is 9.71. The molecule has 0 saturated heterocycles. The highest BCUT2D eigenvalue weighted by Gasteiger charge is 2.32. The quantitative estimate of drug-likeness (QED) is 0.708. The topological polar surface area (TPSA) is 104 Å². The van der Waals surface area contributed by atoms with E-state index < -0.39 is 27.4 Å². The molecule has 8 heteroatoms. The molecule has 0 aliphatic carbocycles. The number of aliphatic hydroxyl groups excluding tert-OH is 1. The summed E-state index contributed by atoms with van der Waals surface area (Å²) < 4.78 is 25.1. The normalized spacial score (nSPS) is 17.2. The van der Waals surface area contributed by atoms with Crippen LogP contribution in [0.3, 0.4) is 0 Å². The molecule has 17 heavy (non-hydrogen) atoms. The van der Waals surface area contributed by atoms with Gasteiger partial charge in [0.05, 0.1) is 4.90 Å². The van der Waals surface area contributed by atoms with E-state index in [4.69, 9.17) is 16.7 Å². The van der Waals surface area contributed by atoms with E-state index in [-0.39, 0.29) is 15.5 Å². The number of carboxylic acids is 1. The van der Waals surface area contributed by atoms with E-state index in [2.05, 4.69) is 0 Å². The van der Waals surface area contributed by atoms with Crippen molar-refractivity contribution in [3.8, 4) is 0 Å². The Balaban J connectivity index is 2.82. The second kappa shape index (κ2) is 3.64. The SMILES string of the molecule is O=C(O)C1=C(O)c2cc(Cl)ccc2S(=O)(=O)N1. The molecular weight excluding hydrogens is 270 g/mol. The first kappa shape index (κ1) is 11.7. The molecule has 0 bridgehead atoms. The highest BCUT2D eigenvalue weighted by molar-refractivity contribution is 7.89. The van der Waals surface area contributed by atoms with Crippen LogP contribution in [0, 0.1) is 0 Å².